The highest BCUT2D eigenvalue weighted by atomic mass is 32.2. The molecule has 0 aliphatic carbocycles. The number of hydrogen-bond acceptors (Lipinski definition) is 6. The van der Waals surface area contributed by atoms with E-state index in [1.807, 2.05) is 37.4 Å². The number of carbonyl (C=O) groups excluding carboxylic acids is 3. The van der Waals surface area contributed by atoms with Gasteiger partial charge in [0.1, 0.15) is 23.4 Å². The number of benzene rings is 2. The predicted molar refractivity (Wildman–Crippen MR) is 177 cm³/mol. The SMILES string of the molecule is C=Cc1cccc(C(C(=O)Nc2ccc(OC)cc2)N(C(=O)C(CCSC)NC(=O)OC(C)(C)C)C(C)CCC(C)C)c1. The number of anilines is 1. The lowest BCUT2D eigenvalue weighted by molar-refractivity contribution is -0.143. The Hall–Kier alpha value is -3.46. The van der Waals surface area contributed by atoms with E-state index in [-0.39, 0.29) is 17.9 Å². The first-order valence-electron chi connectivity index (χ1n) is 14.8. The van der Waals surface area contributed by atoms with Crippen LogP contribution in [0.25, 0.3) is 6.08 Å². The van der Waals surface area contributed by atoms with Gasteiger partial charge in [-0.15, -0.1) is 0 Å². The summed E-state index contributed by atoms with van der Waals surface area (Å²) in [7, 11) is 1.58. The van der Waals surface area contributed by atoms with Gasteiger partial charge in [-0.3, -0.25) is 9.59 Å². The Balaban J connectivity index is 2.64. The molecule has 8 nitrogen and oxygen atoms in total. The Morgan fingerprint density at radius 1 is 1.02 bits per heavy atom. The smallest absolute Gasteiger partial charge is 0.408 e. The van der Waals surface area contributed by atoms with E-state index < -0.39 is 23.8 Å². The Labute approximate surface area is 262 Å². The summed E-state index contributed by atoms with van der Waals surface area (Å²) in [5.41, 5.74) is 1.32. The number of ether oxygens (including phenoxy) is 2. The summed E-state index contributed by atoms with van der Waals surface area (Å²) >= 11 is 1.58. The number of alkyl carbamates (subject to hydrolysis) is 1. The molecule has 0 aliphatic heterocycles. The van der Waals surface area contributed by atoms with Crippen molar-refractivity contribution in [2.24, 2.45) is 5.92 Å². The third-order valence-electron chi connectivity index (χ3n) is 6.84. The van der Waals surface area contributed by atoms with E-state index in [2.05, 4.69) is 31.1 Å². The highest BCUT2D eigenvalue weighted by Crippen LogP contribution is 2.30. The minimum Gasteiger partial charge on any atom is -0.497 e. The topological polar surface area (TPSA) is 97.0 Å². The monoisotopic (exact) mass is 611 g/mol. The molecular formula is C34H49N3O5S. The molecule has 0 heterocycles. The maximum Gasteiger partial charge on any atom is 0.408 e. The highest BCUT2D eigenvalue weighted by Gasteiger charge is 2.39. The number of rotatable bonds is 15. The van der Waals surface area contributed by atoms with Gasteiger partial charge in [0.15, 0.2) is 0 Å². The van der Waals surface area contributed by atoms with Crippen LogP contribution in [0, 0.1) is 5.92 Å². The third kappa shape index (κ3) is 11.6. The van der Waals surface area contributed by atoms with Gasteiger partial charge < -0.3 is 25.0 Å². The molecule has 0 spiro atoms. The van der Waals surface area contributed by atoms with Gasteiger partial charge in [-0.25, -0.2) is 4.79 Å². The fourth-order valence-electron chi connectivity index (χ4n) is 4.61. The number of amides is 3. The van der Waals surface area contributed by atoms with Gasteiger partial charge in [0.05, 0.1) is 7.11 Å². The standard InChI is InChI=1S/C34H49N3O5S/c1-10-25-12-11-13-26(22-25)30(31(38)35-27-16-18-28(41-8)19-17-27)37(24(4)15-14-23(2)3)32(39)29(20-21-43-9)36-33(40)42-34(5,6)7/h10-13,16-19,22-24,29-30H,1,14-15,20-21H2,2-9H3,(H,35,38)(H,36,40). The first-order chi connectivity index (χ1) is 20.3. The summed E-state index contributed by atoms with van der Waals surface area (Å²) in [6.07, 6.45) is 4.91. The van der Waals surface area contributed by atoms with Crippen LogP contribution >= 0.6 is 11.8 Å². The van der Waals surface area contributed by atoms with Gasteiger partial charge in [0.25, 0.3) is 5.91 Å². The van der Waals surface area contributed by atoms with Crippen LogP contribution in [0.4, 0.5) is 10.5 Å². The van der Waals surface area contributed by atoms with Crippen molar-refractivity contribution in [2.75, 3.05) is 24.4 Å². The van der Waals surface area contributed by atoms with Crippen molar-refractivity contribution in [3.8, 4) is 5.75 Å². The zero-order chi connectivity index (χ0) is 32.2. The van der Waals surface area contributed by atoms with E-state index in [0.717, 1.165) is 12.0 Å². The summed E-state index contributed by atoms with van der Waals surface area (Å²) in [5.74, 6) is 1.00. The first kappa shape index (κ1) is 35.7. The van der Waals surface area contributed by atoms with Crippen molar-refractivity contribution >= 4 is 41.4 Å². The number of thioether (sulfide) groups is 1. The minimum atomic E-state index is -0.978. The van der Waals surface area contributed by atoms with Crippen LogP contribution in [0.15, 0.2) is 55.1 Å². The molecule has 3 amide bonds. The van der Waals surface area contributed by atoms with E-state index >= 15 is 0 Å². The van der Waals surface area contributed by atoms with Crippen LogP contribution < -0.4 is 15.4 Å². The minimum absolute atomic E-state index is 0.314. The van der Waals surface area contributed by atoms with Gasteiger partial charge >= 0.3 is 6.09 Å². The molecule has 2 aromatic carbocycles. The molecule has 0 radical (unpaired) electrons. The molecule has 2 aromatic rings. The molecule has 2 rings (SSSR count). The fourth-order valence-corrected chi connectivity index (χ4v) is 5.09. The molecule has 0 aromatic heterocycles. The fraction of sp³-hybridized carbons (Fsp3) is 0.500. The largest absolute Gasteiger partial charge is 0.497 e. The van der Waals surface area contributed by atoms with E-state index in [1.165, 1.54) is 0 Å². The lowest BCUT2D eigenvalue weighted by Crippen LogP contribution is -2.55. The van der Waals surface area contributed by atoms with Crippen LogP contribution in [0.1, 0.15) is 78.0 Å². The molecule has 3 atom stereocenters. The number of carbonyl (C=O) groups is 3. The number of methoxy groups -OCH3 is 1. The molecule has 2 N–H and O–H groups in total. The molecule has 9 heteroatoms. The maximum absolute atomic E-state index is 14.6. The summed E-state index contributed by atoms with van der Waals surface area (Å²) in [4.78, 5) is 43.3. The van der Waals surface area contributed by atoms with Crippen molar-refractivity contribution in [1.82, 2.24) is 10.2 Å². The molecule has 0 saturated heterocycles. The van der Waals surface area contributed by atoms with E-state index in [0.29, 0.717) is 41.5 Å². The molecule has 0 saturated carbocycles. The van der Waals surface area contributed by atoms with Crippen molar-refractivity contribution in [3.63, 3.8) is 0 Å². The summed E-state index contributed by atoms with van der Waals surface area (Å²) < 4.78 is 10.8. The van der Waals surface area contributed by atoms with Crippen LogP contribution in [0.5, 0.6) is 5.75 Å². The van der Waals surface area contributed by atoms with Gasteiger partial charge in [0.2, 0.25) is 5.91 Å². The van der Waals surface area contributed by atoms with Crippen LogP contribution in [-0.4, -0.2) is 59.6 Å². The summed E-state index contributed by atoms with van der Waals surface area (Å²) in [6.45, 7) is 15.4. The number of nitrogens with one attached hydrogen (secondary N) is 2. The Bertz CT molecular complexity index is 1210. The predicted octanol–water partition coefficient (Wildman–Crippen LogP) is 7.32. The average Bonchev–Trinajstić information content (AvgIpc) is 2.95. The molecule has 0 fully saturated rings. The second-order valence-electron chi connectivity index (χ2n) is 12.0. The van der Waals surface area contributed by atoms with Gasteiger partial charge in [-0.1, -0.05) is 44.7 Å². The van der Waals surface area contributed by atoms with Crippen molar-refractivity contribution in [3.05, 3.63) is 66.2 Å². The average molecular weight is 612 g/mol. The molecule has 236 valence electrons. The third-order valence-corrected chi connectivity index (χ3v) is 7.48. The van der Waals surface area contributed by atoms with Crippen LogP contribution in [-0.2, 0) is 14.3 Å². The Morgan fingerprint density at radius 3 is 2.26 bits per heavy atom. The maximum atomic E-state index is 14.6. The zero-order valence-corrected chi connectivity index (χ0v) is 27.8. The van der Waals surface area contributed by atoms with Crippen LogP contribution in [0.2, 0.25) is 0 Å². The van der Waals surface area contributed by atoms with E-state index in [1.54, 1.807) is 74.9 Å². The Kier molecular flexibility index (Phi) is 14.1. The molecular weight excluding hydrogens is 562 g/mol. The lowest BCUT2D eigenvalue weighted by atomic mass is 9.96. The number of hydrogen-bond donors (Lipinski definition) is 2. The molecule has 0 aliphatic rings. The summed E-state index contributed by atoms with van der Waals surface area (Å²) in [5, 5.41) is 5.82. The number of nitrogens with zero attached hydrogens (tertiary/aromatic N) is 1. The van der Waals surface area contributed by atoms with E-state index in [9.17, 15) is 14.4 Å². The van der Waals surface area contributed by atoms with Crippen molar-refractivity contribution < 1.29 is 23.9 Å². The normalized spacial score (nSPS) is 13.4. The zero-order valence-electron chi connectivity index (χ0n) is 26.9. The molecule has 0 bridgehead atoms. The van der Waals surface area contributed by atoms with Crippen molar-refractivity contribution in [2.45, 2.75) is 84.5 Å². The van der Waals surface area contributed by atoms with Gasteiger partial charge in [0, 0.05) is 11.7 Å². The lowest BCUT2D eigenvalue weighted by Gasteiger charge is -2.39. The van der Waals surface area contributed by atoms with Gasteiger partial charge in [-0.05, 0) is 106 Å². The second-order valence-corrected chi connectivity index (χ2v) is 13.0. The summed E-state index contributed by atoms with van der Waals surface area (Å²) in [6, 6.07) is 12.3. The van der Waals surface area contributed by atoms with Crippen LogP contribution in [0.3, 0.4) is 0 Å². The van der Waals surface area contributed by atoms with Gasteiger partial charge in [-0.2, -0.15) is 11.8 Å². The second kappa shape index (κ2) is 17.0. The van der Waals surface area contributed by atoms with Crippen molar-refractivity contribution in [1.29, 1.82) is 0 Å². The Morgan fingerprint density at radius 2 is 1.70 bits per heavy atom. The molecule has 43 heavy (non-hydrogen) atoms. The highest BCUT2D eigenvalue weighted by molar-refractivity contribution is 7.98. The van der Waals surface area contributed by atoms with E-state index in [4.69, 9.17) is 9.47 Å². The first-order valence-corrected chi connectivity index (χ1v) is 16.2. The quantitative estimate of drug-likeness (QED) is 0.219. The molecule has 3 unspecified atom stereocenters.